The summed E-state index contributed by atoms with van der Waals surface area (Å²) < 4.78 is 10.8. The van der Waals surface area contributed by atoms with Crippen molar-refractivity contribution in [2.24, 2.45) is 0 Å². The van der Waals surface area contributed by atoms with Crippen LogP contribution in [0, 0.1) is 0 Å². The minimum atomic E-state index is 0.466. The van der Waals surface area contributed by atoms with Gasteiger partial charge in [-0.2, -0.15) is 4.98 Å². The van der Waals surface area contributed by atoms with Crippen molar-refractivity contribution < 1.29 is 8.94 Å². The summed E-state index contributed by atoms with van der Waals surface area (Å²) in [5, 5.41) is 8.11. The third kappa shape index (κ3) is 1.64. The van der Waals surface area contributed by atoms with Crippen LogP contribution >= 0.6 is 0 Å². The summed E-state index contributed by atoms with van der Waals surface area (Å²) in [6.45, 7) is 0. The third-order valence-electron chi connectivity index (χ3n) is 2.98. The maximum absolute atomic E-state index is 5.68. The topological polar surface area (TPSA) is 64.1 Å². The highest BCUT2D eigenvalue weighted by Crippen LogP contribution is 2.28. The number of nitrogens with zero attached hydrogens (tertiary/aromatic N) is 2. The Balaban J connectivity index is 1.70. The van der Waals surface area contributed by atoms with Crippen LogP contribution in [0.1, 0.15) is 12.8 Å². The van der Waals surface area contributed by atoms with Crippen LogP contribution in [0.15, 0.2) is 39.3 Å². The van der Waals surface area contributed by atoms with Crippen molar-refractivity contribution in [3.63, 3.8) is 0 Å². The van der Waals surface area contributed by atoms with E-state index in [0.29, 0.717) is 23.6 Å². The number of fused-ring (bicyclic) bond motifs is 1. The standard InChI is InChI=1S/C13H11N3O2/c1-2-4-10-8(3-1)7-11(17-10)12-15-13(18-16-12)14-9-5-6-9/h1-4,7,9H,5-6H2,(H,14,15,16). The first-order valence-electron chi connectivity index (χ1n) is 5.98. The fraction of sp³-hybridized carbons (Fsp3) is 0.231. The van der Waals surface area contributed by atoms with E-state index in [-0.39, 0.29) is 0 Å². The third-order valence-corrected chi connectivity index (χ3v) is 2.98. The van der Waals surface area contributed by atoms with Gasteiger partial charge in [0.2, 0.25) is 5.82 Å². The Morgan fingerprint density at radius 1 is 1.22 bits per heavy atom. The van der Waals surface area contributed by atoms with E-state index in [4.69, 9.17) is 8.94 Å². The Hall–Kier alpha value is -2.30. The van der Waals surface area contributed by atoms with Crippen LogP contribution < -0.4 is 5.32 Å². The van der Waals surface area contributed by atoms with Crippen molar-refractivity contribution in [1.82, 2.24) is 10.1 Å². The molecule has 4 rings (SSSR count). The van der Waals surface area contributed by atoms with Gasteiger partial charge in [0.05, 0.1) is 0 Å². The van der Waals surface area contributed by atoms with Crippen LogP contribution in [-0.2, 0) is 0 Å². The number of nitrogens with one attached hydrogen (secondary N) is 1. The highest BCUT2D eigenvalue weighted by atomic mass is 16.5. The smallest absolute Gasteiger partial charge is 0.322 e. The summed E-state index contributed by atoms with van der Waals surface area (Å²) in [5.74, 6) is 1.11. The normalized spacial score (nSPS) is 15.1. The molecule has 0 radical (unpaired) electrons. The van der Waals surface area contributed by atoms with Crippen LogP contribution in [0.2, 0.25) is 0 Å². The molecule has 3 aromatic rings. The molecule has 0 saturated heterocycles. The van der Waals surface area contributed by atoms with E-state index in [9.17, 15) is 0 Å². The Bertz CT molecular complexity index is 664. The minimum absolute atomic E-state index is 0.466. The lowest BCUT2D eigenvalue weighted by molar-refractivity contribution is 0.429. The van der Waals surface area contributed by atoms with Gasteiger partial charge in [0, 0.05) is 11.4 Å². The zero-order valence-electron chi connectivity index (χ0n) is 9.59. The molecule has 5 nitrogen and oxygen atoms in total. The molecule has 2 heterocycles. The van der Waals surface area contributed by atoms with Crippen LogP contribution in [0.3, 0.4) is 0 Å². The van der Waals surface area contributed by atoms with Crippen LogP contribution in [0.25, 0.3) is 22.6 Å². The van der Waals surface area contributed by atoms with Gasteiger partial charge in [-0.25, -0.2) is 0 Å². The van der Waals surface area contributed by atoms with Gasteiger partial charge in [0.15, 0.2) is 5.76 Å². The van der Waals surface area contributed by atoms with Gasteiger partial charge < -0.3 is 14.3 Å². The molecule has 0 bridgehead atoms. The number of benzene rings is 1. The van der Waals surface area contributed by atoms with Crippen LogP contribution in [0.5, 0.6) is 0 Å². The van der Waals surface area contributed by atoms with Gasteiger partial charge in [0.1, 0.15) is 5.58 Å². The summed E-state index contributed by atoms with van der Waals surface area (Å²) in [5.41, 5.74) is 0.828. The van der Waals surface area contributed by atoms with Crippen LogP contribution in [0.4, 0.5) is 6.01 Å². The SMILES string of the molecule is c1ccc2oc(-c3noc(NC4CC4)n3)cc2c1. The number of furan rings is 1. The predicted molar refractivity (Wildman–Crippen MR) is 66.2 cm³/mol. The van der Waals surface area contributed by atoms with Gasteiger partial charge in [-0.1, -0.05) is 23.4 Å². The number of hydrogen-bond donors (Lipinski definition) is 1. The molecule has 5 heteroatoms. The molecule has 0 aliphatic heterocycles. The number of aromatic nitrogens is 2. The molecule has 18 heavy (non-hydrogen) atoms. The van der Waals surface area contributed by atoms with Crippen molar-refractivity contribution in [1.29, 1.82) is 0 Å². The van der Waals surface area contributed by atoms with Crippen molar-refractivity contribution in [3.05, 3.63) is 30.3 Å². The first-order chi connectivity index (χ1) is 8.88. The molecule has 1 fully saturated rings. The van der Waals surface area contributed by atoms with Crippen molar-refractivity contribution in [3.8, 4) is 11.6 Å². The Kier molecular flexibility index (Phi) is 1.94. The minimum Gasteiger partial charge on any atom is -0.453 e. The van der Waals surface area contributed by atoms with Gasteiger partial charge in [-0.15, -0.1) is 0 Å². The molecule has 1 aliphatic carbocycles. The maximum atomic E-state index is 5.68. The van der Waals surface area contributed by atoms with Crippen molar-refractivity contribution >= 4 is 17.0 Å². The Morgan fingerprint density at radius 2 is 2.11 bits per heavy atom. The van der Waals surface area contributed by atoms with E-state index in [1.165, 1.54) is 12.8 Å². The average Bonchev–Trinajstić information content (AvgIpc) is 2.92. The fourth-order valence-corrected chi connectivity index (χ4v) is 1.88. The van der Waals surface area contributed by atoms with E-state index in [2.05, 4.69) is 15.5 Å². The van der Waals surface area contributed by atoms with Gasteiger partial charge >= 0.3 is 6.01 Å². The maximum Gasteiger partial charge on any atom is 0.322 e. The van der Waals surface area contributed by atoms with Gasteiger partial charge in [-0.05, 0) is 25.0 Å². The van der Waals surface area contributed by atoms with E-state index in [0.717, 1.165) is 11.0 Å². The van der Waals surface area contributed by atoms with E-state index < -0.39 is 0 Å². The molecule has 0 spiro atoms. The van der Waals surface area contributed by atoms with E-state index >= 15 is 0 Å². The van der Waals surface area contributed by atoms with E-state index in [1.54, 1.807) is 0 Å². The van der Waals surface area contributed by atoms with Crippen LogP contribution in [-0.4, -0.2) is 16.2 Å². The summed E-state index contributed by atoms with van der Waals surface area (Å²) >= 11 is 0. The predicted octanol–water partition coefficient (Wildman–Crippen LogP) is 3.06. The molecule has 1 N–H and O–H groups in total. The molecule has 0 unspecified atom stereocenters. The summed E-state index contributed by atoms with van der Waals surface area (Å²) in [7, 11) is 0. The number of anilines is 1. The highest BCUT2D eigenvalue weighted by molar-refractivity contribution is 5.81. The van der Waals surface area contributed by atoms with E-state index in [1.807, 2.05) is 30.3 Å². The lowest BCUT2D eigenvalue weighted by atomic mass is 10.2. The quantitative estimate of drug-likeness (QED) is 0.763. The number of hydrogen-bond acceptors (Lipinski definition) is 5. The molecule has 0 amide bonds. The molecular weight excluding hydrogens is 230 g/mol. The molecule has 1 aliphatic rings. The zero-order chi connectivity index (χ0) is 11.9. The molecule has 90 valence electrons. The molecule has 2 aromatic heterocycles. The zero-order valence-corrected chi connectivity index (χ0v) is 9.59. The largest absolute Gasteiger partial charge is 0.453 e. The summed E-state index contributed by atoms with van der Waals surface area (Å²) in [6.07, 6.45) is 2.34. The Morgan fingerprint density at radius 3 is 2.94 bits per heavy atom. The lowest BCUT2D eigenvalue weighted by Gasteiger charge is -1.92. The molecule has 1 saturated carbocycles. The first kappa shape index (κ1) is 9.70. The first-order valence-corrected chi connectivity index (χ1v) is 5.98. The second-order valence-electron chi connectivity index (χ2n) is 4.49. The molecule has 0 atom stereocenters. The van der Waals surface area contributed by atoms with Gasteiger partial charge in [-0.3, -0.25) is 0 Å². The second-order valence-corrected chi connectivity index (χ2v) is 4.49. The summed E-state index contributed by atoms with van der Waals surface area (Å²) in [6, 6.07) is 10.7. The highest BCUT2D eigenvalue weighted by Gasteiger charge is 2.23. The van der Waals surface area contributed by atoms with Crippen molar-refractivity contribution in [2.45, 2.75) is 18.9 Å². The lowest BCUT2D eigenvalue weighted by Crippen LogP contribution is -2.00. The number of rotatable bonds is 3. The average molecular weight is 241 g/mol. The number of para-hydroxylation sites is 1. The molecule has 1 aromatic carbocycles. The monoisotopic (exact) mass is 241 g/mol. The summed E-state index contributed by atoms with van der Waals surface area (Å²) in [4.78, 5) is 4.27. The second kappa shape index (κ2) is 3.60. The van der Waals surface area contributed by atoms with Gasteiger partial charge in [0.25, 0.3) is 0 Å². The molecular formula is C13H11N3O2. The Labute approximate surface area is 103 Å². The fourth-order valence-electron chi connectivity index (χ4n) is 1.88. The van der Waals surface area contributed by atoms with Crippen molar-refractivity contribution in [2.75, 3.05) is 5.32 Å².